The SMILES string of the molecule is CCCNC(Cc1cn(C)nn1)c1ccnc(C)c1. The van der Waals surface area contributed by atoms with E-state index in [1.165, 1.54) is 5.56 Å². The first-order valence-electron chi connectivity index (χ1n) is 6.70. The second kappa shape index (κ2) is 6.43. The molecule has 0 aliphatic rings. The molecule has 1 unspecified atom stereocenters. The Morgan fingerprint density at radius 1 is 1.42 bits per heavy atom. The van der Waals surface area contributed by atoms with Gasteiger partial charge in [-0.3, -0.25) is 9.67 Å². The van der Waals surface area contributed by atoms with E-state index in [0.29, 0.717) is 0 Å². The largest absolute Gasteiger partial charge is 0.310 e. The third-order valence-corrected chi connectivity index (χ3v) is 3.03. The molecule has 0 aliphatic heterocycles. The van der Waals surface area contributed by atoms with E-state index < -0.39 is 0 Å². The Hall–Kier alpha value is -1.75. The summed E-state index contributed by atoms with van der Waals surface area (Å²) in [5.74, 6) is 0. The van der Waals surface area contributed by atoms with Crippen molar-refractivity contribution in [2.45, 2.75) is 32.7 Å². The highest BCUT2D eigenvalue weighted by Gasteiger charge is 2.13. The first kappa shape index (κ1) is 13.7. The molecule has 0 bridgehead atoms. The lowest BCUT2D eigenvalue weighted by atomic mass is 10.0. The number of rotatable bonds is 6. The Morgan fingerprint density at radius 2 is 2.26 bits per heavy atom. The predicted octanol–water partition coefficient (Wildman–Crippen LogP) is 1.80. The van der Waals surface area contributed by atoms with E-state index in [1.54, 1.807) is 4.68 Å². The fourth-order valence-electron chi connectivity index (χ4n) is 2.11. The molecule has 0 radical (unpaired) electrons. The third kappa shape index (κ3) is 3.86. The van der Waals surface area contributed by atoms with Crippen LogP contribution in [-0.2, 0) is 13.5 Å². The highest BCUT2D eigenvalue weighted by molar-refractivity contribution is 5.21. The summed E-state index contributed by atoms with van der Waals surface area (Å²) in [4.78, 5) is 4.25. The maximum Gasteiger partial charge on any atom is 0.0845 e. The van der Waals surface area contributed by atoms with Crippen LogP contribution in [0.15, 0.2) is 24.5 Å². The molecule has 0 amide bonds. The molecule has 0 saturated carbocycles. The average Bonchev–Trinajstić information content (AvgIpc) is 2.80. The summed E-state index contributed by atoms with van der Waals surface area (Å²) in [7, 11) is 1.89. The monoisotopic (exact) mass is 259 g/mol. The van der Waals surface area contributed by atoms with E-state index in [-0.39, 0.29) is 6.04 Å². The smallest absolute Gasteiger partial charge is 0.0845 e. The second-order valence-electron chi connectivity index (χ2n) is 4.82. The molecular weight excluding hydrogens is 238 g/mol. The van der Waals surface area contributed by atoms with E-state index >= 15 is 0 Å². The summed E-state index contributed by atoms with van der Waals surface area (Å²) in [6.45, 7) is 5.18. The Kier molecular flexibility index (Phi) is 4.63. The number of aromatic nitrogens is 4. The van der Waals surface area contributed by atoms with Crippen molar-refractivity contribution in [3.63, 3.8) is 0 Å². The van der Waals surface area contributed by atoms with Gasteiger partial charge in [-0.25, -0.2) is 0 Å². The van der Waals surface area contributed by atoms with Crippen LogP contribution < -0.4 is 5.32 Å². The summed E-state index contributed by atoms with van der Waals surface area (Å²) in [6, 6.07) is 4.46. The van der Waals surface area contributed by atoms with Crippen LogP contribution in [0, 0.1) is 6.92 Å². The van der Waals surface area contributed by atoms with Crippen molar-refractivity contribution in [2.24, 2.45) is 7.05 Å². The summed E-state index contributed by atoms with van der Waals surface area (Å²) < 4.78 is 1.74. The fraction of sp³-hybridized carbons (Fsp3) is 0.500. The van der Waals surface area contributed by atoms with Gasteiger partial charge in [-0.2, -0.15) is 0 Å². The minimum Gasteiger partial charge on any atom is -0.310 e. The Balaban J connectivity index is 2.15. The molecule has 2 rings (SSSR count). The highest BCUT2D eigenvalue weighted by Crippen LogP contribution is 2.17. The van der Waals surface area contributed by atoms with Crippen molar-refractivity contribution in [3.05, 3.63) is 41.5 Å². The molecule has 0 aliphatic carbocycles. The molecular formula is C14H21N5. The predicted molar refractivity (Wildman–Crippen MR) is 74.7 cm³/mol. The van der Waals surface area contributed by atoms with Crippen molar-refractivity contribution in [3.8, 4) is 0 Å². The van der Waals surface area contributed by atoms with Crippen LogP contribution in [0.4, 0.5) is 0 Å². The first-order chi connectivity index (χ1) is 9.19. The van der Waals surface area contributed by atoms with Crippen LogP contribution in [0.5, 0.6) is 0 Å². The molecule has 1 atom stereocenters. The van der Waals surface area contributed by atoms with Crippen molar-refractivity contribution in [1.82, 2.24) is 25.3 Å². The van der Waals surface area contributed by atoms with Gasteiger partial charge >= 0.3 is 0 Å². The number of aryl methyl sites for hydroxylation is 2. The minimum absolute atomic E-state index is 0.262. The first-order valence-corrected chi connectivity index (χ1v) is 6.70. The van der Waals surface area contributed by atoms with Gasteiger partial charge in [-0.05, 0) is 37.6 Å². The lowest BCUT2D eigenvalue weighted by molar-refractivity contribution is 0.523. The molecule has 2 aromatic heterocycles. The molecule has 19 heavy (non-hydrogen) atoms. The van der Waals surface area contributed by atoms with Crippen LogP contribution in [0.2, 0.25) is 0 Å². The van der Waals surface area contributed by atoms with Gasteiger partial charge in [-0.15, -0.1) is 5.10 Å². The number of hydrogen-bond donors (Lipinski definition) is 1. The zero-order valence-electron chi connectivity index (χ0n) is 11.8. The van der Waals surface area contributed by atoms with Gasteiger partial charge in [0.15, 0.2) is 0 Å². The molecule has 0 fully saturated rings. The van der Waals surface area contributed by atoms with Gasteiger partial charge in [0.1, 0.15) is 0 Å². The molecule has 0 spiro atoms. The molecule has 5 heteroatoms. The van der Waals surface area contributed by atoms with Gasteiger partial charge in [0.05, 0.1) is 5.69 Å². The summed E-state index contributed by atoms with van der Waals surface area (Å²) in [5, 5.41) is 11.7. The van der Waals surface area contributed by atoms with E-state index in [4.69, 9.17) is 0 Å². The number of pyridine rings is 1. The number of nitrogens with one attached hydrogen (secondary N) is 1. The third-order valence-electron chi connectivity index (χ3n) is 3.03. The summed E-state index contributed by atoms with van der Waals surface area (Å²) in [6.07, 6.45) is 5.79. The molecule has 0 saturated heterocycles. The van der Waals surface area contributed by atoms with Gasteiger partial charge in [0.25, 0.3) is 0 Å². The number of nitrogens with zero attached hydrogens (tertiary/aromatic N) is 4. The van der Waals surface area contributed by atoms with Crippen molar-refractivity contribution >= 4 is 0 Å². The topological polar surface area (TPSA) is 55.6 Å². The zero-order chi connectivity index (χ0) is 13.7. The van der Waals surface area contributed by atoms with Crippen LogP contribution in [-0.4, -0.2) is 26.5 Å². The van der Waals surface area contributed by atoms with Crippen LogP contribution >= 0.6 is 0 Å². The minimum atomic E-state index is 0.262. The molecule has 0 aromatic carbocycles. The lowest BCUT2D eigenvalue weighted by Crippen LogP contribution is -2.24. The summed E-state index contributed by atoms with van der Waals surface area (Å²) >= 11 is 0. The highest BCUT2D eigenvalue weighted by atomic mass is 15.4. The maximum atomic E-state index is 4.25. The van der Waals surface area contributed by atoms with Gasteiger partial charge in [0, 0.05) is 37.6 Å². The van der Waals surface area contributed by atoms with Crippen LogP contribution in [0.25, 0.3) is 0 Å². The number of hydrogen-bond acceptors (Lipinski definition) is 4. The lowest BCUT2D eigenvalue weighted by Gasteiger charge is -2.18. The van der Waals surface area contributed by atoms with Gasteiger partial charge < -0.3 is 5.32 Å². The van der Waals surface area contributed by atoms with Crippen molar-refractivity contribution in [2.75, 3.05) is 6.54 Å². The normalized spacial score (nSPS) is 12.6. The van der Waals surface area contributed by atoms with E-state index in [1.807, 2.05) is 26.4 Å². The van der Waals surface area contributed by atoms with Gasteiger partial charge in [0.2, 0.25) is 0 Å². The second-order valence-corrected chi connectivity index (χ2v) is 4.82. The van der Waals surface area contributed by atoms with Crippen molar-refractivity contribution < 1.29 is 0 Å². The average molecular weight is 259 g/mol. The van der Waals surface area contributed by atoms with Crippen LogP contribution in [0.1, 0.15) is 36.3 Å². The van der Waals surface area contributed by atoms with E-state index in [9.17, 15) is 0 Å². The maximum absolute atomic E-state index is 4.25. The van der Waals surface area contributed by atoms with Crippen LogP contribution in [0.3, 0.4) is 0 Å². The van der Waals surface area contributed by atoms with E-state index in [0.717, 1.165) is 30.8 Å². The quantitative estimate of drug-likeness (QED) is 0.859. The summed E-state index contributed by atoms with van der Waals surface area (Å²) in [5.41, 5.74) is 3.30. The Bertz CT molecular complexity index is 520. The van der Waals surface area contributed by atoms with Crippen molar-refractivity contribution in [1.29, 1.82) is 0 Å². The zero-order valence-corrected chi connectivity index (χ0v) is 11.8. The van der Waals surface area contributed by atoms with Gasteiger partial charge in [-0.1, -0.05) is 12.1 Å². The standard InChI is InChI=1S/C14H21N5/c1-4-6-16-14(9-13-10-19(3)18-17-13)12-5-7-15-11(2)8-12/h5,7-8,10,14,16H,4,6,9H2,1-3H3. The molecule has 102 valence electrons. The van der Waals surface area contributed by atoms with E-state index in [2.05, 4.69) is 39.7 Å². The Morgan fingerprint density at radius 3 is 2.89 bits per heavy atom. The molecule has 2 aromatic rings. The molecule has 1 N–H and O–H groups in total. The molecule has 2 heterocycles. The fourth-order valence-corrected chi connectivity index (χ4v) is 2.11. The Labute approximate surface area is 114 Å². The molecule has 5 nitrogen and oxygen atoms in total.